The Balaban J connectivity index is 2.37. The maximum atomic E-state index is 13.1. The number of benzene rings is 1. The maximum Gasteiger partial charge on any atom is 0.123 e. The predicted octanol–water partition coefficient (Wildman–Crippen LogP) is 4.13. The second-order valence-corrected chi connectivity index (χ2v) is 3.96. The third-order valence-corrected chi connectivity index (χ3v) is 3.06. The molecule has 14 heavy (non-hydrogen) atoms. The summed E-state index contributed by atoms with van der Waals surface area (Å²) >= 11 is 0. The van der Waals surface area contributed by atoms with Gasteiger partial charge >= 0.3 is 0 Å². The van der Waals surface area contributed by atoms with Crippen molar-refractivity contribution >= 4 is 6.08 Å². The summed E-state index contributed by atoms with van der Waals surface area (Å²) in [6.07, 6.45) is 6.78. The minimum absolute atomic E-state index is 0.127. The predicted molar refractivity (Wildman–Crippen MR) is 57.7 cm³/mol. The van der Waals surface area contributed by atoms with Crippen LogP contribution in [0.15, 0.2) is 24.8 Å². The van der Waals surface area contributed by atoms with Gasteiger partial charge in [-0.3, -0.25) is 0 Å². The summed E-state index contributed by atoms with van der Waals surface area (Å²) in [4.78, 5) is 0. The van der Waals surface area contributed by atoms with Crippen LogP contribution in [0.3, 0.4) is 0 Å². The van der Waals surface area contributed by atoms with Crippen LogP contribution in [0.5, 0.6) is 0 Å². The zero-order valence-corrected chi connectivity index (χ0v) is 8.30. The lowest BCUT2D eigenvalue weighted by Gasteiger charge is -2.12. The standard InChI is InChI=1S/C13H15F/c1-2-10-7-8-12(14)9-13(10)11-5-3-4-6-11/h2,7-9,11H,1,3-6H2. The molecule has 0 atom stereocenters. The van der Waals surface area contributed by atoms with E-state index >= 15 is 0 Å². The Morgan fingerprint density at radius 1 is 1.29 bits per heavy atom. The molecule has 1 aliphatic carbocycles. The summed E-state index contributed by atoms with van der Waals surface area (Å²) < 4.78 is 13.1. The highest BCUT2D eigenvalue weighted by molar-refractivity contribution is 5.53. The van der Waals surface area contributed by atoms with E-state index < -0.39 is 0 Å². The van der Waals surface area contributed by atoms with Gasteiger partial charge in [-0.25, -0.2) is 4.39 Å². The minimum Gasteiger partial charge on any atom is -0.207 e. The number of halogens is 1. The lowest BCUT2D eigenvalue weighted by molar-refractivity contribution is 0.618. The van der Waals surface area contributed by atoms with Crippen LogP contribution in [0, 0.1) is 5.82 Å². The first-order valence-electron chi connectivity index (χ1n) is 5.23. The average molecular weight is 190 g/mol. The van der Waals surface area contributed by atoms with Crippen LogP contribution in [0.1, 0.15) is 42.7 Å². The van der Waals surface area contributed by atoms with Crippen molar-refractivity contribution in [3.05, 3.63) is 41.7 Å². The highest BCUT2D eigenvalue weighted by Crippen LogP contribution is 2.36. The topological polar surface area (TPSA) is 0 Å². The van der Waals surface area contributed by atoms with Gasteiger partial charge in [0, 0.05) is 0 Å². The molecule has 2 rings (SSSR count). The summed E-state index contributed by atoms with van der Waals surface area (Å²) in [5.41, 5.74) is 2.25. The summed E-state index contributed by atoms with van der Waals surface area (Å²) in [7, 11) is 0. The molecule has 0 aromatic heterocycles. The van der Waals surface area contributed by atoms with E-state index in [1.54, 1.807) is 6.07 Å². The fraction of sp³-hybridized carbons (Fsp3) is 0.385. The van der Waals surface area contributed by atoms with Gasteiger partial charge in [0.2, 0.25) is 0 Å². The maximum absolute atomic E-state index is 13.1. The van der Waals surface area contributed by atoms with Crippen molar-refractivity contribution in [2.75, 3.05) is 0 Å². The van der Waals surface area contributed by atoms with E-state index in [9.17, 15) is 4.39 Å². The van der Waals surface area contributed by atoms with Crippen LogP contribution >= 0.6 is 0 Å². The third-order valence-electron chi connectivity index (χ3n) is 3.06. The molecule has 0 spiro atoms. The van der Waals surface area contributed by atoms with E-state index in [1.165, 1.54) is 31.7 Å². The van der Waals surface area contributed by atoms with Crippen LogP contribution in [0.25, 0.3) is 6.08 Å². The highest BCUT2D eigenvalue weighted by atomic mass is 19.1. The second-order valence-electron chi connectivity index (χ2n) is 3.96. The largest absolute Gasteiger partial charge is 0.207 e. The van der Waals surface area contributed by atoms with Gasteiger partial charge < -0.3 is 0 Å². The number of hydrogen-bond acceptors (Lipinski definition) is 0. The summed E-state index contributed by atoms with van der Waals surface area (Å²) in [5.74, 6) is 0.427. The average Bonchev–Trinajstić information content (AvgIpc) is 2.70. The zero-order valence-electron chi connectivity index (χ0n) is 8.30. The summed E-state index contributed by atoms with van der Waals surface area (Å²) in [6.45, 7) is 3.77. The molecule has 0 bridgehead atoms. The molecule has 74 valence electrons. The van der Waals surface area contributed by atoms with Gasteiger partial charge in [-0.05, 0) is 42.0 Å². The Kier molecular flexibility index (Phi) is 2.67. The number of hydrogen-bond donors (Lipinski definition) is 0. The van der Waals surface area contributed by atoms with Crippen LogP contribution in [-0.2, 0) is 0 Å². The summed E-state index contributed by atoms with van der Waals surface area (Å²) in [6, 6.07) is 5.01. The van der Waals surface area contributed by atoms with E-state index in [2.05, 4.69) is 6.58 Å². The molecule has 1 aliphatic rings. The van der Waals surface area contributed by atoms with E-state index in [-0.39, 0.29) is 5.82 Å². The lowest BCUT2D eigenvalue weighted by atomic mass is 9.93. The molecule has 0 nitrogen and oxygen atoms in total. The molecule has 0 radical (unpaired) electrons. The van der Waals surface area contributed by atoms with Crippen molar-refractivity contribution in [2.24, 2.45) is 0 Å². The molecule has 0 unspecified atom stereocenters. The molecule has 1 aromatic rings. The first-order valence-corrected chi connectivity index (χ1v) is 5.23. The van der Waals surface area contributed by atoms with Gasteiger partial charge in [0.25, 0.3) is 0 Å². The molecule has 0 aliphatic heterocycles. The van der Waals surface area contributed by atoms with Gasteiger partial charge in [-0.1, -0.05) is 31.6 Å². The molecule has 0 saturated heterocycles. The van der Waals surface area contributed by atoms with Crippen LogP contribution in [-0.4, -0.2) is 0 Å². The molecule has 0 amide bonds. The van der Waals surface area contributed by atoms with E-state index in [1.807, 2.05) is 12.1 Å². The van der Waals surface area contributed by atoms with Crippen LogP contribution < -0.4 is 0 Å². The molecular formula is C13H15F. The Hall–Kier alpha value is -1.11. The van der Waals surface area contributed by atoms with Crippen LogP contribution in [0.2, 0.25) is 0 Å². The third kappa shape index (κ3) is 1.72. The lowest BCUT2D eigenvalue weighted by Crippen LogP contribution is -1.96. The molecule has 1 aromatic carbocycles. The van der Waals surface area contributed by atoms with E-state index in [0.29, 0.717) is 5.92 Å². The first kappa shape index (κ1) is 9.45. The molecule has 1 heteroatoms. The van der Waals surface area contributed by atoms with Gasteiger partial charge in [0.05, 0.1) is 0 Å². The molecule has 0 N–H and O–H groups in total. The fourth-order valence-electron chi connectivity index (χ4n) is 2.32. The highest BCUT2D eigenvalue weighted by Gasteiger charge is 2.19. The first-order chi connectivity index (χ1) is 6.81. The van der Waals surface area contributed by atoms with Crippen molar-refractivity contribution in [3.8, 4) is 0 Å². The SMILES string of the molecule is C=Cc1ccc(F)cc1C1CCCC1. The summed E-state index contributed by atoms with van der Waals surface area (Å²) in [5, 5.41) is 0. The van der Waals surface area contributed by atoms with E-state index in [4.69, 9.17) is 0 Å². The minimum atomic E-state index is -0.127. The smallest absolute Gasteiger partial charge is 0.123 e. The van der Waals surface area contributed by atoms with Crippen molar-refractivity contribution in [1.82, 2.24) is 0 Å². The fourth-order valence-corrected chi connectivity index (χ4v) is 2.32. The monoisotopic (exact) mass is 190 g/mol. The van der Waals surface area contributed by atoms with Gasteiger partial charge in [0.1, 0.15) is 5.82 Å². The Bertz CT molecular complexity index is 335. The van der Waals surface area contributed by atoms with Crippen molar-refractivity contribution in [1.29, 1.82) is 0 Å². The van der Waals surface area contributed by atoms with Crippen molar-refractivity contribution in [2.45, 2.75) is 31.6 Å². The van der Waals surface area contributed by atoms with E-state index in [0.717, 1.165) is 11.1 Å². The molecule has 0 heterocycles. The Labute approximate surface area is 84.5 Å². The zero-order chi connectivity index (χ0) is 9.97. The normalized spacial score (nSPS) is 17.2. The van der Waals surface area contributed by atoms with Gasteiger partial charge in [0.15, 0.2) is 0 Å². The van der Waals surface area contributed by atoms with Crippen LogP contribution in [0.4, 0.5) is 4.39 Å². The Morgan fingerprint density at radius 2 is 2.00 bits per heavy atom. The van der Waals surface area contributed by atoms with Gasteiger partial charge in [-0.2, -0.15) is 0 Å². The van der Waals surface area contributed by atoms with Gasteiger partial charge in [-0.15, -0.1) is 0 Å². The number of rotatable bonds is 2. The molecular weight excluding hydrogens is 175 g/mol. The molecule has 1 fully saturated rings. The van der Waals surface area contributed by atoms with Crippen molar-refractivity contribution < 1.29 is 4.39 Å². The second kappa shape index (κ2) is 3.95. The quantitative estimate of drug-likeness (QED) is 0.657. The van der Waals surface area contributed by atoms with Crippen molar-refractivity contribution in [3.63, 3.8) is 0 Å². The Morgan fingerprint density at radius 3 is 2.64 bits per heavy atom. The molecule has 1 saturated carbocycles.